The highest BCUT2D eigenvalue weighted by Crippen LogP contribution is 2.42. The zero-order valence-electron chi connectivity index (χ0n) is 10.6. The first kappa shape index (κ1) is 12.6. The zero-order valence-corrected chi connectivity index (χ0v) is 10.6. The summed E-state index contributed by atoms with van der Waals surface area (Å²) in [7, 11) is 1.61. The van der Waals surface area contributed by atoms with Gasteiger partial charge in [0.05, 0.1) is 18.2 Å². The fraction of sp³-hybridized carbons (Fsp3) is 0.917. The highest BCUT2D eigenvalue weighted by atomic mass is 16.5. The Morgan fingerprint density at radius 2 is 2.18 bits per heavy atom. The molecule has 2 aliphatic heterocycles. The monoisotopic (exact) mass is 242 g/mol. The number of carbonyl (C=O) groups excluding carboxylic acids is 1. The highest BCUT2D eigenvalue weighted by molar-refractivity contribution is 5.75. The number of rotatable bonds is 3. The number of fused-ring (bicyclic) bond motifs is 3. The summed E-state index contributed by atoms with van der Waals surface area (Å²) in [5.74, 6) is 0. The quantitative estimate of drug-likeness (QED) is 0.766. The Morgan fingerprint density at radius 1 is 1.53 bits per heavy atom. The number of aliphatic hydroxyl groups is 1. The number of ether oxygens (including phenoxy) is 1. The minimum Gasteiger partial charge on any atom is -0.388 e. The SMILES string of the molecule is CCNC(=O)N1C2CCC(O)(CC2)C1COC. The van der Waals surface area contributed by atoms with E-state index >= 15 is 0 Å². The van der Waals surface area contributed by atoms with Crippen LogP contribution < -0.4 is 5.32 Å². The first-order valence-corrected chi connectivity index (χ1v) is 6.40. The second kappa shape index (κ2) is 4.82. The smallest absolute Gasteiger partial charge is 0.318 e. The van der Waals surface area contributed by atoms with Crippen molar-refractivity contribution in [2.75, 3.05) is 20.3 Å². The van der Waals surface area contributed by atoms with Crippen LogP contribution in [0, 0.1) is 0 Å². The van der Waals surface area contributed by atoms with E-state index in [4.69, 9.17) is 4.74 Å². The number of carbonyl (C=O) groups is 1. The number of nitrogens with zero attached hydrogens (tertiary/aromatic N) is 1. The number of hydrogen-bond acceptors (Lipinski definition) is 3. The summed E-state index contributed by atoms with van der Waals surface area (Å²) in [4.78, 5) is 13.9. The molecule has 98 valence electrons. The van der Waals surface area contributed by atoms with Crippen LogP contribution in [0.15, 0.2) is 0 Å². The summed E-state index contributed by atoms with van der Waals surface area (Å²) in [5, 5.41) is 13.4. The van der Waals surface area contributed by atoms with Crippen LogP contribution in [0.3, 0.4) is 0 Å². The molecule has 1 unspecified atom stereocenters. The van der Waals surface area contributed by atoms with Gasteiger partial charge in [0.15, 0.2) is 0 Å². The van der Waals surface area contributed by atoms with E-state index in [2.05, 4.69) is 5.32 Å². The Balaban J connectivity index is 2.19. The van der Waals surface area contributed by atoms with Crippen LogP contribution in [0.25, 0.3) is 0 Å². The molecule has 3 rings (SSSR count). The lowest BCUT2D eigenvalue weighted by atomic mass is 9.71. The third-order valence-corrected chi connectivity index (χ3v) is 4.06. The molecule has 0 aromatic rings. The maximum absolute atomic E-state index is 12.1. The molecule has 2 amide bonds. The molecule has 0 aromatic heterocycles. The van der Waals surface area contributed by atoms with Crippen molar-refractivity contribution in [3.8, 4) is 0 Å². The van der Waals surface area contributed by atoms with Crippen LogP contribution in [0.5, 0.6) is 0 Å². The van der Waals surface area contributed by atoms with Gasteiger partial charge in [-0.2, -0.15) is 0 Å². The van der Waals surface area contributed by atoms with Crippen molar-refractivity contribution in [1.82, 2.24) is 10.2 Å². The predicted octanol–water partition coefficient (Wildman–Crippen LogP) is 0.720. The lowest BCUT2D eigenvalue weighted by Crippen LogP contribution is -2.69. The van der Waals surface area contributed by atoms with Crippen molar-refractivity contribution in [2.45, 2.75) is 50.3 Å². The number of amides is 2. The Morgan fingerprint density at radius 3 is 2.71 bits per heavy atom. The molecule has 2 heterocycles. The lowest BCUT2D eigenvalue weighted by molar-refractivity contribution is -0.141. The van der Waals surface area contributed by atoms with Crippen molar-refractivity contribution in [1.29, 1.82) is 0 Å². The minimum absolute atomic E-state index is 0.0719. The van der Waals surface area contributed by atoms with E-state index in [0.717, 1.165) is 25.7 Å². The molecule has 3 aliphatic rings. The van der Waals surface area contributed by atoms with Crippen molar-refractivity contribution in [3.05, 3.63) is 0 Å². The normalized spacial score (nSPS) is 36.1. The summed E-state index contributed by atoms with van der Waals surface area (Å²) in [6.07, 6.45) is 3.35. The van der Waals surface area contributed by atoms with Gasteiger partial charge >= 0.3 is 6.03 Å². The Labute approximate surface area is 102 Å². The van der Waals surface area contributed by atoms with E-state index in [1.165, 1.54) is 0 Å². The van der Waals surface area contributed by atoms with Gasteiger partial charge in [-0.1, -0.05) is 0 Å². The number of piperidine rings is 2. The van der Waals surface area contributed by atoms with E-state index in [9.17, 15) is 9.90 Å². The van der Waals surface area contributed by atoms with Crippen molar-refractivity contribution >= 4 is 6.03 Å². The molecule has 3 fully saturated rings. The van der Waals surface area contributed by atoms with Crippen LogP contribution in [0.4, 0.5) is 4.79 Å². The first-order valence-electron chi connectivity index (χ1n) is 6.40. The molecule has 0 radical (unpaired) electrons. The molecule has 5 nitrogen and oxygen atoms in total. The van der Waals surface area contributed by atoms with Crippen LogP contribution in [0.2, 0.25) is 0 Å². The summed E-state index contributed by atoms with van der Waals surface area (Å²) in [6, 6.07) is -0.0142. The van der Waals surface area contributed by atoms with Gasteiger partial charge < -0.3 is 20.1 Å². The molecule has 2 N–H and O–H groups in total. The third-order valence-electron chi connectivity index (χ3n) is 4.06. The summed E-state index contributed by atoms with van der Waals surface area (Å²) < 4.78 is 5.18. The Hall–Kier alpha value is -0.810. The molecule has 17 heavy (non-hydrogen) atoms. The Bertz CT molecular complexity index is 287. The maximum Gasteiger partial charge on any atom is 0.318 e. The Kier molecular flexibility index (Phi) is 3.58. The van der Waals surface area contributed by atoms with Gasteiger partial charge in [-0.3, -0.25) is 0 Å². The average Bonchev–Trinajstić information content (AvgIpc) is 2.31. The largest absolute Gasteiger partial charge is 0.388 e. The molecule has 0 aromatic carbocycles. The van der Waals surface area contributed by atoms with E-state index in [1.54, 1.807) is 12.0 Å². The van der Waals surface area contributed by atoms with Crippen molar-refractivity contribution < 1.29 is 14.6 Å². The molecule has 1 aliphatic carbocycles. The number of hydrogen-bond donors (Lipinski definition) is 2. The minimum atomic E-state index is -0.754. The van der Waals surface area contributed by atoms with E-state index in [0.29, 0.717) is 13.2 Å². The van der Waals surface area contributed by atoms with Gasteiger partial charge in [0, 0.05) is 19.7 Å². The number of urea groups is 1. The zero-order chi connectivity index (χ0) is 12.5. The molecular formula is C12H22N2O3. The number of methoxy groups -OCH3 is 1. The van der Waals surface area contributed by atoms with E-state index < -0.39 is 5.60 Å². The van der Waals surface area contributed by atoms with Crippen LogP contribution >= 0.6 is 0 Å². The second-order valence-electron chi connectivity index (χ2n) is 5.05. The van der Waals surface area contributed by atoms with Gasteiger partial charge in [0.25, 0.3) is 0 Å². The summed E-state index contributed by atoms with van der Waals surface area (Å²) in [6.45, 7) is 2.92. The molecule has 2 saturated heterocycles. The van der Waals surface area contributed by atoms with Gasteiger partial charge in [-0.25, -0.2) is 4.79 Å². The molecule has 5 heteroatoms. The molecule has 0 spiro atoms. The summed E-state index contributed by atoms with van der Waals surface area (Å²) in [5.41, 5.74) is -0.754. The standard InChI is InChI=1S/C12H22N2O3/c1-3-13-11(15)14-9-4-6-12(16,7-5-9)10(14)8-17-2/h9-10,16H,3-8H2,1-2H3,(H,13,15). The van der Waals surface area contributed by atoms with Crippen molar-refractivity contribution in [2.24, 2.45) is 0 Å². The van der Waals surface area contributed by atoms with Crippen molar-refractivity contribution in [3.63, 3.8) is 0 Å². The lowest BCUT2D eigenvalue weighted by Gasteiger charge is -2.55. The maximum atomic E-state index is 12.1. The molecule has 2 bridgehead atoms. The van der Waals surface area contributed by atoms with Gasteiger partial charge in [-0.15, -0.1) is 0 Å². The van der Waals surface area contributed by atoms with Crippen LogP contribution in [-0.4, -0.2) is 54.0 Å². The second-order valence-corrected chi connectivity index (χ2v) is 5.05. The summed E-state index contributed by atoms with van der Waals surface area (Å²) >= 11 is 0. The van der Waals surface area contributed by atoms with Crippen LogP contribution in [-0.2, 0) is 4.74 Å². The molecule has 1 atom stereocenters. The molecular weight excluding hydrogens is 220 g/mol. The van der Waals surface area contributed by atoms with Gasteiger partial charge in [0.2, 0.25) is 0 Å². The number of nitrogens with one attached hydrogen (secondary N) is 1. The topological polar surface area (TPSA) is 61.8 Å². The first-order chi connectivity index (χ1) is 8.12. The van der Waals surface area contributed by atoms with E-state index in [1.807, 2.05) is 6.92 Å². The predicted molar refractivity (Wildman–Crippen MR) is 63.8 cm³/mol. The van der Waals surface area contributed by atoms with Gasteiger partial charge in [-0.05, 0) is 32.6 Å². The molecule has 1 saturated carbocycles. The van der Waals surface area contributed by atoms with E-state index in [-0.39, 0.29) is 18.1 Å². The highest BCUT2D eigenvalue weighted by Gasteiger charge is 2.52. The fourth-order valence-corrected chi connectivity index (χ4v) is 3.17. The average molecular weight is 242 g/mol. The fourth-order valence-electron chi connectivity index (χ4n) is 3.17. The third kappa shape index (κ3) is 2.13. The van der Waals surface area contributed by atoms with Crippen LogP contribution in [0.1, 0.15) is 32.6 Å². The van der Waals surface area contributed by atoms with Gasteiger partial charge in [0.1, 0.15) is 0 Å².